The van der Waals surface area contributed by atoms with E-state index in [4.69, 9.17) is 35.4 Å². The average Bonchev–Trinajstić information content (AvgIpc) is 2.42. The van der Waals surface area contributed by atoms with Crippen molar-refractivity contribution in [2.45, 2.75) is 0 Å². The lowest BCUT2D eigenvalue weighted by atomic mass is 10.3. The normalized spacial score (nSPS) is 9.79. The van der Waals surface area contributed by atoms with Gasteiger partial charge in [-0.15, -0.1) is 0 Å². The highest BCUT2D eigenvalue weighted by Crippen LogP contribution is 2.25. The van der Waals surface area contributed by atoms with E-state index in [0.29, 0.717) is 20.8 Å². The predicted octanol–water partition coefficient (Wildman–Crippen LogP) is 4.31. The number of nitrogens with one attached hydrogen (secondary N) is 3. The Kier molecular flexibility index (Phi) is 4.85. The molecule has 0 bridgehead atoms. The quantitative estimate of drug-likeness (QED) is 0.583. The number of anilines is 2. The van der Waals surface area contributed by atoms with Crippen molar-refractivity contribution in [3.05, 3.63) is 58.6 Å². The van der Waals surface area contributed by atoms with E-state index in [2.05, 4.69) is 16.2 Å². The molecular formula is C13H11Cl2N3S. The summed E-state index contributed by atoms with van der Waals surface area (Å²) in [6.45, 7) is 0. The van der Waals surface area contributed by atoms with Crippen molar-refractivity contribution in [1.82, 2.24) is 5.43 Å². The molecule has 0 saturated heterocycles. The van der Waals surface area contributed by atoms with Gasteiger partial charge in [0.25, 0.3) is 0 Å². The summed E-state index contributed by atoms with van der Waals surface area (Å²) < 4.78 is 0. The Morgan fingerprint density at radius 2 is 1.74 bits per heavy atom. The summed E-state index contributed by atoms with van der Waals surface area (Å²) in [5.41, 5.74) is 7.39. The molecular weight excluding hydrogens is 301 g/mol. The molecule has 0 aliphatic heterocycles. The topological polar surface area (TPSA) is 36.1 Å². The van der Waals surface area contributed by atoms with Gasteiger partial charge in [0.15, 0.2) is 5.11 Å². The molecule has 0 heterocycles. The van der Waals surface area contributed by atoms with Crippen LogP contribution in [0.2, 0.25) is 10.0 Å². The van der Waals surface area contributed by atoms with Gasteiger partial charge in [0.05, 0.1) is 16.4 Å². The van der Waals surface area contributed by atoms with E-state index in [0.717, 1.165) is 5.69 Å². The molecule has 98 valence electrons. The van der Waals surface area contributed by atoms with Gasteiger partial charge in [-0.25, -0.2) is 0 Å². The Bertz CT molecular complexity index is 575. The Hall–Kier alpha value is -1.49. The van der Waals surface area contributed by atoms with Crippen LogP contribution in [0.25, 0.3) is 0 Å². The van der Waals surface area contributed by atoms with Gasteiger partial charge in [0.2, 0.25) is 0 Å². The van der Waals surface area contributed by atoms with E-state index in [1.54, 1.807) is 18.2 Å². The van der Waals surface area contributed by atoms with Crippen molar-refractivity contribution in [3.8, 4) is 0 Å². The number of rotatable bonds is 3. The maximum atomic E-state index is 6.03. The Morgan fingerprint density at radius 3 is 2.47 bits per heavy atom. The fourth-order valence-electron chi connectivity index (χ4n) is 1.40. The van der Waals surface area contributed by atoms with Crippen LogP contribution in [0.3, 0.4) is 0 Å². The molecule has 0 saturated carbocycles. The number of para-hydroxylation sites is 1. The zero-order valence-electron chi connectivity index (χ0n) is 9.78. The van der Waals surface area contributed by atoms with Gasteiger partial charge in [0.1, 0.15) is 0 Å². The first-order valence-corrected chi connectivity index (χ1v) is 6.64. The molecule has 19 heavy (non-hydrogen) atoms. The highest BCUT2D eigenvalue weighted by molar-refractivity contribution is 7.80. The second kappa shape index (κ2) is 6.61. The van der Waals surface area contributed by atoms with Gasteiger partial charge in [-0.2, -0.15) is 0 Å². The van der Waals surface area contributed by atoms with Gasteiger partial charge in [-0.1, -0.05) is 41.4 Å². The lowest BCUT2D eigenvalue weighted by Gasteiger charge is -2.13. The molecule has 2 rings (SSSR count). The Labute approximate surface area is 126 Å². The van der Waals surface area contributed by atoms with Crippen LogP contribution in [0.5, 0.6) is 0 Å². The van der Waals surface area contributed by atoms with E-state index in [1.165, 1.54) is 0 Å². The first kappa shape index (κ1) is 13.9. The van der Waals surface area contributed by atoms with Gasteiger partial charge in [-0.3, -0.25) is 10.9 Å². The fraction of sp³-hybridized carbons (Fsp3) is 0. The maximum Gasteiger partial charge on any atom is 0.189 e. The van der Waals surface area contributed by atoms with E-state index in [-0.39, 0.29) is 0 Å². The van der Waals surface area contributed by atoms with E-state index >= 15 is 0 Å². The summed E-state index contributed by atoms with van der Waals surface area (Å²) in [6, 6.07) is 14.8. The molecule has 0 atom stereocenters. The second-order valence-corrected chi connectivity index (χ2v) is 4.95. The summed E-state index contributed by atoms with van der Waals surface area (Å²) in [5, 5.41) is 4.50. The minimum Gasteiger partial charge on any atom is -0.330 e. The lowest BCUT2D eigenvalue weighted by Crippen LogP contribution is -2.33. The van der Waals surface area contributed by atoms with Crippen molar-refractivity contribution < 1.29 is 0 Å². The van der Waals surface area contributed by atoms with Gasteiger partial charge in [-0.05, 0) is 42.5 Å². The molecule has 0 aromatic heterocycles. The molecule has 2 aromatic rings. The average molecular weight is 312 g/mol. The number of hydrogen-bond acceptors (Lipinski definition) is 2. The summed E-state index contributed by atoms with van der Waals surface area (Å²) in [4.78, 5) is 0. The number of hydrazine groups is 1. The van der Waals surface area contributed by atoms with Crippen molar-refractivity contribution in [1.29, 1.82) is 0 Å². The van der Waals surface area contributed by atoms with Crippen LogP contribution in [0.1, 0.15) is 0 Å². The van der Waals surface area contributed by atoms with Crippen LogP contribution in [0.4, 0.5) is 11.4 Å². The predicted molar refractivity (Wildman–Crippen MR) is 85.9 cm³/mol. The zero-order chi connectivity index (χ0) is 13.7. The Morgan fingerprint density at radius 1 is 1.00 bits per heavy atom. The molecule has 0 aliphatic rings. The number of hydrogen-bond donors (Lipinski definition) is 3. The van der Waals surface area contributed by atoms with E-state index < -0.39 is 0 Å². The van der Waals surface area contributed by atoms with Gasteiger partial charge < -0.3 is 5.32 Å². The smallest absolute Gasteiger partial charge is 0.189 e. The molecule has 0 radical (unpaired) electrons. The monoisotopic (exact) mass is 311 g/mol. The molecule has 0 fully saturated rings. The molecule has 6 heteroatoms. The minimum atomic E-state index is 0.396. The van der Waals surface area contributed by atoms with Crippen molar-refractivity contribution in [2.24, 2.45) is 0 Å². The van der Waals surface area contributed by atoms with Crippen LogP contribution in [0, 0.1) is 0 Å². The van der Waals surface area contributed by atoms with Crippen LogP contribution < -0.4 is 16.2 Å². The standard InChI is InChI=1S/C13H11Cl2N3S/c14-9-6-7-11(15)12(8-9)16-13(19)18-17-10-4-2-1-3-5-10/h1-8,17H,(H2,16,18,19). The minimum absolute atomic E-state index is 0.396. The number of benzene rings is 2. The first-order chi connectivity index (χ1) is 9.15. The molecule has 0 unspecified atom stereocenters. The summed E-state index contributed by atoms with van der Waals surface area (Å²) in [5.74, 6) is 0. The number of halogens is 2. The first-order valence-electron chi connectivity index (χ1n) is 5.48. The van der Waals surface area contributed by atoms with Crippen LogP contribution >= 0.6 is 35.4 Å². The molecule has 2 aromatic carbocycles. The maximum absolute atomic E-state index is 6.03. The van der Waals surface area contributed by atoms with Gasteiger partial charge in [0, 0.05) is 5.02 Å². The summed E-state index contributed by atoms with van der Waals surface area (Å²) in [7, 11) is 0. The van der Waals surface area contributed by atoms with E-state index in [9.17, 15) is 0 Å². The number of thiocarbonyl (C=S) groups is 1. The zero-order valence-corrected chi connectivity index (χ0v) is 12.1. The van der Waals surface area contributed by atoms with Crippen molar-refractivity contribution in [2.75, 3.05) is 10.7 Å². The third-order valence-electron chi connectivity index (χ3n) is 2.27. The lowest BCUT2D eigenvalue weighted by molar-refractivity contribution is 1.14. The molecule has 0 amide bonds. The highest BCUT2D eigenvalue weighted by atomic mass is 35.5. The Balaban J connectivity index is 1.93. The summed E-state index contributed by atoms with van der Waals surface area (Å²) in [6.07, 6.45) is 0. The highest BCUT2D eigenvalue weighted by Gasteiger charge is 2.03. The van der Waals surface area contributed by atoms with Gasteiger partial charge >= 0.3 is 0 Å². The molecule has 3 N–H and O–H groups in total. The van der Waals surface area contributed by atoms with Crippen LogP contribution in [0.15, 0.2) is 48.5 Å². The molecule has 3 nitrogen and oxygen atoms in total. The van der Waals surface area contributed by atoms with Crippen LogP contribution in [-0.2, 0) is 0 Å². The molecule has 0 spiro atoms. The van der Waals surface area contributed by atoms with Crippen molar-refractivity contribution >= 4 is 51.9 Å². The fourth-order valence-corrected chi connectivity index (χ4v) is 1.90. The van der Waals surface area contributed by atoms with Crippen LogP contribution in [-0.4, -0.2) is 5.11 Å². The largest absolute Gasteiger partial charge is 0.330 e. The third-order valence-corrected chi connectivity index (χ3v) is 3.04. The van der Waals surface area contributed by atoms with Crippen molar-refractivity contribution in [3.63, 3.8) is 0 Å². The third kappa shape index (κ3) is 4.28. The molecule has 0 aliphatic carbocycles. The van der Waals surface area contributed by atoms with E-state index in [1.807, 2.05) is 30.3 Å². The SMILES string of the molecule is S=C(NNc1ccccc1)Nc1cc(Cl)ccc1Cl. The summed E-state index contributed by atoms with van der Waals surface area (Å²) >= 11 is 17.1. The second-order valence-electron chi connectivity index (χ2n) is 3.69.